The minimum atomic E-state index is -0.0794. The molecule has 0 unspecified atom stereocenters. The molecule has 6 heteroatoms. The lowest BCUT2D eigenvalue weighted by atomic mass is 10.2. The first kappa shape index (κ1) is 12.0. The van der Waals surface area contributed by atoms with Gasteiger partial charge < -0.3 is 14.1 Å². The van der Waals surface area contributed by atoms with Gasteiger partial charge in [0.15, 0.2) is 11.5 Å². The van der Waals surface area contributed by atoms with Crippen molar-refractivity contribution in [2.45, 2.75) is 13.0 Å². The molecule has 0 spiro atoms. The van der Waals surface area contributed by atoms with Gasteiger partial charge in [0, 0.05) is 19.2 Å². The number of amides is 1. The number of carbonyl (C=O) groups is 1. The Morgan fingerprint density at radius 1 is 1.58 bits per heavy atom. The van der Waals surface area contributed by atoms with Crippen LogP contribution in [-0.4, -0.2) is 46.8 Å². The van der Waals surface area contributed by atoms with Crippen molar-refractivity contribution in [3.8, 4) is 11.5 Å². The molecule has 1 saturated heterocycles. The average molecular weight is 261 g/mol. The average Bonchev–Trinajstić information content (AvgIpc) is 3.08. The van der Waals surface area contributed by atoms with E-state index >= 15 is 0 Å². The summed E-state index contributed by atoms with van der Waals surface area (Å²) in [7, 11) is 0. The van der Waals surface area contributed by atoms with Gasteiger partial charge in [-0.05, 0) is 19.1 Å². The van der Waals surface area contributed by atoms with E-state index in [-0.39, 0.29) is 12.0 Å². The van der Waals surface area contributed by atoms with Crippen molar-refractivity contribution in [2.24, 2.45) is 0 Å². The second-order valence-corrected chi connectivity index (χ2v) is 4.58. The molecule has 1 aliphatic heterocycles. The van der Waals surface area contributed by atoms with Crippen molar-refractivity contribution in [3.63, 3.8) is 0 Å². The number of aromatic nitrogens is 2. The molecule has 19 heavy (non-hydrogen) atoms. The van der Waals surface area contributed by atoms with Gasteiger partial charge in [-0.3, -0.25) is 9.89 Å². The Bertz CT molecular complexity index is 561. The van der Waals surface area contributed by atoms with Crippen LogP contribution in [0.4, 0.5) is 0 Å². The summed E-state index contributed by atoms with van der Waals surface area (Å²) in [5, 5.41) is 6.87. The molecule has 1 aliphatic rings. The van der Waals surface area contributed by atoms with E-state index in [2.05, 4.69) is 10.2 Å². The summed E-state index contributed by atoms with van der Waals surface area (Å²) in [5.74, 6) is 0.589. The molecular weight excluding hydrogens is 246 g/mol. The molecule has 0 aliphatic carbocycles. The van der Waals surface area contributed by atoms with Gasteiger partial charge in [-0.2, -0.15) is 5.10 Å². The van der Waals surface area contributed by atoms with E-state index in [9.17, 15) is 4.79 Å². The van der Waals surface area contributed by atoms with Crippen LogP contribution >= 0.6 is 0 Å². The van der Waals surface area contributed by atoms with Gasteiger partial charge in [0.1, 0.15) is 5.69 Å². The zero-order valence-corrected chi connectivity index (χ0v) is 10.6. The van der Waals surface area contributed by atoms with E-state index in [0.29, 0.717) is 36.8 Å². The van der Waals surface area contributed by atoms with Crippen LogP contribution < -0.4 is 0 Å². The molecule has 1 fully saturated rings. The van der Waals surface area contributed by atoms with Gasteiger partial charge in [-0.25, -0.2) is 0 Å². The third-order valence-corrected chi connectivity index (χ3v) is 3.11. The SMILES string of the molecule is C[C@@H]1CN(C(=O)c2cc(-c3ccco3)[nH]n2)CCO1. The van der Waals surface area contributed by atoms with Crippen LogP contribution in [0.25, 0.3) is 11.5 Å². The van der Waals surface area contributed by atoms with Gasteiger partial charge in [0.2, 0.25) is 0 Å². The fourth-order valence-electron chi connectivity index (χ4n) is 2.15. The largest absolute Gasteiger partial charge is 0.463 e. The number of ether oxygens (including phenoxy) is 1. The molecule has 6 nitrogen and oxygen atoms in total. The Balaban J connectivity index is 1.77. The highest BCUT2D eigenvalue weighted by Gasteiger charge is 2.24. The summed E-state index contributed by atoms with van der Waals surface area (Å²) in [6.07, 6.45) is 1.66. The number of aromatic amines is 1. The molecule has 1 amide bonds. The summed E-state index contributed by atoms with van der Waals surface area (Å²) < 4.78 is 10.7. The molecule has 2 aromatic rings. The Hall–Kier alpha value is -2.08. The molecule has 0 aromatic carbocycles. The number of nitrogens with one attached hydrogen (secondary N) is 1. The van der Waals surface area contributed by atoms with Crippen LogP contribution in [0, 0.1) is 0 Å². The number of hydrogen-bond acceptors (Lipinski definition) is 4. The third-order valence-electron chi connectivity index (χ3n) is 3.11. The van der Waals surface area contributed by atoms with Crippen LogP contribution in [-0.2, 0) is 4.74 Å². The lowest BCUT2D eigenvalue weighted by Crippen LogP contribution is -2.44. The highest BCUT2D eigenvalue weighted by molar-refractivity contribution is 5.93. The maximum Gasteiger partial charge on any atom is 0.274 e. The number of nitrogens with zero attached hydrogens (tertiary/aromatic N) is 2. The van der Waals surface area contributed by atoms with E-state index in [0.717, 1.165) is 0 Å². The fraction of sp³-hybridized carbons (Fsp3) is 0.385. The molecule has 1 atom stereocenters. The van der Waals surface area contributed by atoms with Gasteiger partial charge >= 0.3 is 0 Å². The number of furan rings is 1. The van der Waals surface area contributed by atoms with Gasteiger partial charge in [-0.1, -0.05) is 0 Å². The maximum atomic E-state index is 12.3. The molecule has 2 aromatic heterocycles. The van der Waals surface area contributed by atoms with Crippen LogP contribution in [0.3, 0.4) is 0 Å². The zero-order valence-electron chi connectivity index (χ0n) is 10.6. The number of morpholine rings is 1. The van der Waals surface area contributed by atoms with Crippen LogP contribution in [0.2, 0.25) is 0 Å². The minimum Gasteiger partial charge on any atom is -0.463 e. The van der Waals surface area contributed by atoms with Gasteiger partial charge in [0.05, 0.1) is 19.0 Å². The van der Waals surface area contributed by atoms with E-state index < -0.39 is 0 Å². The normalized spacial score (nSPS) is 19.6. The Labute approximate surface area is 110 Å². The smallest absolute Gasteiger partial charge is 0.274 e. The summed E-state index contributed by atoms with van der Waals surface area (Å²) in [5.41, 5.74) is 1.11. The summed E-state index contributed by atoms with van der Waals surface area (Å²) in [4.78, 5) is 14.0. The van der Waals surface area contributed by atoms with Gasteiger partial charge in [0.25, 0.3) is 5.91 Å². The lowest BCUT2D eigenvalue weighted by Gasteiger charge is -2.30. The predicted octanol–water partition coefficient (Wildman–Crippen LogP) is 1.53. The topological polar surface area (TPSA) is 71.4 Å². The standard InChI is InChI=1S/C13H15N3O3/c1-9-8-16(4-6-18-9)13(17)11-7-10(14-15-11)12-3-2-5-19-12/h2-3,5,7,9H,4,6,8H2,1H3,(H,14,15)/t9-/m1/s1. The molecule has 3 rings (SSSR count). The van der Waals surface area contributed by atoms with Crippen molar-refractivity contribution >= 4 is 5.91 Å². The first-order chi connectivity index (χ1) is 9.24. The number of rotatable bonds is 2. The third kappa shape index (κ3) is 2.39. The molecule has 100 valence electrons. The van der Waals surface area contributed by atoms with Crippen LogP contribution in [0.15, 0.2) is 28.9 Å². The minimum absolute atomic E-state index is 0.0705. The molecule has 0 radical (unpaired) electrons. The van der Waals surface area contributed by atoms with Gasteiger partial charge in [-0.15, -0.1) is 0 Å². The van der Waals surface area contributed by atoms with Crippen molar-refractivity contribution < 1.29 is 13.9 Å². The summed E-state index contributed by atoms with van der Waals surface area (Å²) in [6, 6.07) is 5.32. The van der Waals surface area contributed by atoms with E-state index in [4.69, 9.17) is 9.15 Å². The Morgan fingerprint density at radius 2 is 2.47 bits per heavy atom. The molecule has 0 bridgehead atoms. The number of hydrogen-bond donors (Lipinski definition) is 1. The van der Waals surface area contributed by atoms with Crippen LogP contribution in [0.1, 0.15) is 17.4 Å². The van der Waals surface area contributed by atoms with Crippen molar-refractivity contribution in [1.82, 2.24) is 15.1 Å². The van der Waals surface area contributed by atoms with Crippen molar-refractivity contribution in [1.29, 1.82) is 0 Å². The highest BCUT2D eigenvalue weighted by Crippen LogP contribution is 2.19. The maximum absolute atomic E-state index is 12.3. The van der Waals surface area contributed by atoms with E-state index in [1.807, 2.05) is 13.0 Å². The van der Waals surface area contributed by atoms with Crippen molar-refractivity contribution in [2.75, 3.05) is 19.7 Å². The van der Waals surface area contributed by atoms with Crippen molar-refractivity contribution in [3.05, 3.63) is 30.2 Å². The summed E-state index contributed by atoms with van der Waals surface area (Å²) in [6.45, 7) is 3.73. The zero-order chi connectivity index (χ0) is 13.2. The molecule has 1 N–H and O–H groups in total. The number of H-pyrrole nitrogens is 1. The monoisotopic (exact) mass is 261 g/mol. The molecule has 0 saturated carbocycles. The van der Waals surface area contributed by atoms with Crippen LogP contribution in [0.5, 0.6) is 0 Å². The number of carbonyl (C=O) groups excluding carboxylic acids is 1. The fourth-order valence-corrected chi connectivity index (χ4v) is 2.15. The predicted molar refractivity (Wildman–Crippen MR) is 67.6 cm³/mol. The van der Waals surface area contributed by atoms with E-state index in [1.165, 1.54) is 0 Å². The quantitative estimate of drug-likeness (QED) is 0.890. The Kier molecular flexibility index (Phi) is 3.08. The van der Waals surface area contributed by atoms with E-state index in [1.54, 1.807) is 23.3 Å². The first-order valence-electron chi connectivity index (χ1n) is 6.24. The molecule has 3 heterocycles. The second kappa shape index (κ2) is 4.89. The second-order valence-electron chi connectivity index (χ2n) is 4.58. The first-order valence-corrected chi connectivity index (χ1v) is 6.24. The molecular formula is C13H15N3O3. The summed E-state index contributed by atoms with van der Waals surface area (Å²) >= 11 is 0. The Morgan fingerprint density at radius 3 is 3.21 bits per heavy atom. The lowest BCUT2D eigenvalue weighted by molar-refractivity contribution is -0.0126. The highest BCUT2D eigenvalue weighted by atomic mass is 16.5.